The lowest BCUT2D eigenvalue weighted by molar-refractivity contribution is 0.633. The molecule has 0 heterocycles. The average Bonchev–Trinajstić information content (AvgIpc) is 2.54. The Bertz CT molecular complexity index is 323. The van der Waals surface area contributed by atoms with Crippen LogP contribution < -0.4 is 11.5 Å². The summed E-state index contributed by atoms with van der Waals surface area (Å²) in [7, 11) is 1.50. The molecule has 0 saturated carbocycles. The summed E-state index contributed by atoms with van der Waals surface area (Å²) < 4.78 is 0. The first kappa shape index (κ1) is 18.1. The van der Waals surface area contributed by atoms with Crippen molar-refractivity contribution in [3.05, 3.63) is 47.7 Å². The van der Waals surface area contributed by atoms with E-state index >= 15 is 0 Å². The van der Waals surface area contributed by atoms with Crippen LogP contribution in [0.15, 0.2) is 47.7 Å². The van der Waals surface area contributed by atoms with Gasteiger partial charge in [0.15, 0.2) is 0 Å². The maximum absolute atomic E-state index is 5.85. The zero-order chi connectivity index (χ0) is 14.1. The normalized spacial score (nSPS) is 16.2. The highest BCUT2D eigenvalue weighted by atomic mass is 14.6. The highest BCUT2D eigenvalue weighted by Gasteiger charge is 2.19. The molecule has 0 atom stereocenters. The van der Waals surface area contributed by atoms with E-state index < -0.39 is 0 Å². The highest BCUT2D eigenvalue weighted by Crippen LogP contribution is 2.31. The Morgan fingerprint density at radius 3 is 2.06 bits per heavy atom. The topological polar surface area (TPSA) is 52.0 Å². The van der Waals surface area contributed by atoms with Gasteiger partial charge in [0.2, 0.25) is 0 Å². The first-order valence-electron chi connectivity index (χ1n) is 6.03. The summed E-state index contributed by atoms with van der Waals surface area (Å²) in [5.41, 5.74) is 13.5. The zero-order valence-corrected chi connectivity index (χ0v) is 12.2. The summed E-state index contributed by atoms with van der Waals surface area (Å²) in [5.74, 6) is 0. The third-order valence-electron chi connectivity index (χ3n) is 1.94. The molecule has 0 fully saturated rings. The number of hydrogen-bond donors (Lipinski definition) is 2. The van der Waals surface area contributed by atoms with Crippen LogP contribution in [-0.2, 0) is 0 Å². The van der Waals surface area contributed by atoms with E-state index in [9.17, 15) is 0 Å². The van der Waals surface area contributed by atoms with E-state index in [-0.39, 0.29) is 6.84 Å². The van der Waals surface area contributed by atoms with E-state index in [1.165, 1.54) is 7.05 Å². The van der Waals surface area contributed by atoms with E-state index in [1.807, 2.05) is 32.9 Å². The Kier molecular flexibility index (Phi) is 9.39. The van der Waals surface area contributed by atoms with Crippen LogP contribution in [0.3, 0.4) is 0 Å². The molecule has 0 spiro atoms. The maximum atomic E-state index is 5.85. The minimum Gasteiger partial charge on any atom is -0.398 e. The molecule has 0 radical (unpaired) electrons. The number of allylic oxidation sites excluding steroid dienone is 5. The van der Waals surface area contributed by atoms with Gasteiger partial charge in [0.25, 0.3) is 0 Å². The largest absolute Gasteiger partial charge is 0.398 e. The van der Waals surface area contributed by atoms with Gasteiger partial charge in [0.05, 0.1) is 0 Å². The van der Waals surface area contributed by atoms with Crippen molar-refractivity contribution in [2.75, 3.05) is 7.05 Å². The third-order valence-corrected chi connectivity index (χ3v) is 1.94. The Labute approximate surface area is 108 Å². The standard InChI is InChI=1S/C12H17N.C2H6.CH5N.H2/c1-9(2)5-6-10-7-12(3,4)8-11(10)13;2*1-2;/h5-8H,1,13H2,2-4H3;1-2H3;2H2,1H3;1H/b6-5-;;;. The highest BCUT2D eigenvalue weighted by molar-refractivity contribution is 5.47. The second kappa shape index (κ2) is 8.82. The second-order valence-corrected chi connectivity index (χ2v) is 4.20. The van der Waals surface area contributed by atoms with Crippen LogP contribution in [0.5, 0.6) is 0 Å². The molecule has 0 aliphatic heterocycles. The van der Waals surface area contributed by atoms with Crippen molar-refractivity contribution in [1.29, 1.82) is 0 Å². The molecule has 0 aromatic heterocycles. The fourth-order valence-electron chi connectivity index (χ4n) is 1.39. The quantitative estimate of drug-likeness (QED) is 0.719. The van der Waals surface area contributed by atoms with Gasteiger partial charge in [0.1, 0.15) is 0 Å². The van der Waals surface area contributed by atoms with E-state index in [0.29, 0.717) is 0 Å². The van der Waals surface area contributed by atoms with E-state index in [4.69, 9.17) is 5.73 Å². The molecule has 0 aromatic rings. The molecule has 2 nitrogen and oxygen atoms in total. The predicted octanol–water partition coefficient (Wildman–Crippen LogP) is 3.77. The summed E-state index contributed by atoms with van der Waals surface area (Å²) in [6.45, 7) is 14.1. The molecular weight excluding hydrogens is 208 g/mol. The van der Waals surface area contributed by atoms with Crippen LogP contribution in [0.1, 0.15) is 36.0 Å². The van der Waals surface area contributed by atoms with Gasteiger partial charge in [-0.15, -0.1) is 0 Å². The summed E-state index contributed by atoms with van der Waals surface area (Å²) in [6.07, 6.45) is 8.24. The Morgan fingerprint density at radius 2 is 1.76 bits per heavy atom. The summed E-state index contributed by atoms with van der Waals surface area (Å²) >= 11 is 0. The fraction of sp³-hybridized carbons (Fsp3) is 0.467. The first-order valence-corrected chi connectivity index (χ1v) is 6.03. The average molecular weight is 238 g/mol. The number of nitrogens with two attached hydrogens (primary N) is 2. The van der Waals surface area contributed by atoms with E-state index in [0.717, 1.165) is 16.8 Å². The van der Waals surface area contributed by atoms with Crippen LogP contribution in [0, 0.1) is 5.41 Å². The molecule has 0 saturated heterocycles. The Hall–Kier alpha value is -1.28. The molecule has 0 aromatic carbocycles. The van der Waals surface area contributed by atoms with Crippen LogP contribution in [0.2, 0.25) is 0 Å². The second-order valence-electron chi connectivity index (χ2n) is 4.20. The Morgan fingerprint density at radius 1 is 1.29 bits per heavy atom. The van der Waals surface area contributed by atoms with E-state index in [2.05, 4.69) is 38.3 Å². The van der Waals surface area contributed by atoms with Crippen molar-refractivity contribution >= 4 is 0 Å². The monoisotopic (exact) mass is 238 g/mol. The summed E-state index contributed by atoms with van der Waals surface area (Å²) in [4.78, 5) is 0. The van der Waals surface area contributed by atoms with Gasteiger partial charge in [-0.2, -0.15) is 0 Å². The van der Waals surface area contributed by atoms with Gasteiger partial charge >= 0.3 is 0 Å². The van der Waals surface area contributed by atoms with Crippen LogP contribution in [-0.4, -0.2) is 7.05 Å². The van der Waals surface area contributed by atoms with Crippen molar-refractivity contribution in [3.63, 3.8) is 0 Å². The molecule has 0 amide bonds. The molecule has 1 aliphatic rings. The van der Waals surface area contributed by atoms with Gasteiger partial charge in [-0.05, 0) is 19.5 Å². The molecule has 1 rings (SSSR count). The smallest absolute Gasteiger partial charge is 0.0352 e. The first-order chi connectivity index (χ1) is 7.91. The van der Waals surface area contributed by atoms with Gasteiger partial charge in [-0.1, -0.05) is 64.2 Å². The van der Waals surface area contributed by atoms with Gasteiger partial charge in [0, 0.05) is 12.5 Å². The molecule has 0 unspecified atom stereocenters. The molecule has 2 heteroatoms. The third kappa shape index (κ3) is 7.58. The predicted molar refractivity (Wildman–Crippen MR) is 81.7 cm³/mol. The molecular formula is C15H30N2. The summed E-state index contributed by atoms with van der Waals surface area (Å²) in [6, 6.07) is 0. The lowest BCUT2D eigenvalue weighted by atomic mass is 9.96. The van der Waals surface area contributed by atoms with Crippen molar-refractivity contribution < 1.29 is 1.43 Å². The molecule has 100 valence electrons. The summed E-state index contributed by atoms with van der Waals surface area (Å²) in [5, 5.41) is 0. The van der Waals surface area contributed by atoms with Crippen molar-refractivity contribution in [2.45, 2.75) is 34.6 Å². The van der Waals surface area contributed by atoms with E-state index in [1.54, 1.807) is 0 Å². The van der Waals surface area contributed by atoms with Gasteiger partial charge < -0.3 is 11.5 Å². The van der Waals surface area contributed by atoms with Gasteiger partial charge in [-0.3, -0.25) is 0 Å². The minimum absolute atomic E-state index is 0. The van der Waals surface area contributed by atoms with Crippen LogP contribution >= 0.6 is 0 Å². The maximum Gasteiger partial charge on any atom is 0.0352 e. The molecule has 1 aliphatic carbocycles. The zero-order valence-electron chi connectivity index (χ0n) is 12.2. The van der Waals surface area contributed by atoms with Crippen molar-refractivity contribution in [3.8, 4) is 0 Å². The van der Waals surface area contributed by atoms with Crippen LogP contribution in [0.4, 0.5) is 0 Å². The van der Waals surface area contributed by atoms with Crippen LogP contribution in [0.25, 0.3) is 0 Å². The van der Waals surface area contributed by atoms with Crippen molar-refractivity contribution in [1.82, 2.24) is 0 Å². The molecule has 0 bridgehead atoms. The lowest BCUT2D eigenvalue weighted by Crippen LogP contribution is -1.99. The minimum atomic E-state index is 0. The Balaban J connectivity index is -0.000000409. The molecule has 4 N–H and O–H groups in total. The number of hydrogen-bond acceptors (Lipinski definition) is 2. The lowest BCUT2D eigenvalue weighted by Gasteiger charge is -2.08. The molecule has 17 heavy (non-hydrogen) atoms. The van der Waals surface area contributed by atoms with Crippen molar-refractivity contribution in [2.24, 2.45) is 16.9 Å². The number of rotatable bonds is 2. The fourth-order valence-corrected chi connectivity index (χ4v) is 1.39. The van der Waals surface area contributed by atoms with Gasteiger partial charge in [-0.25, -0.2) is 0 Å². The SMILES string of the molecule is C=C(C)/C=C\C1=CC(C)(C)C=C1N.CC.CN.[HH].